The minimum absolute atomic E-state index is 0.125. The van der Waals surface area contributed by atoms with Gasteiger partial charge >= 0.3 is 0 Å². The summed E-state index contributed by atoms with van der Waals surface area (Å²) in [6.45, 7) is 6.90. The monoisotopic (exact) mass is 295 g/mol. The molecule has 1 aromatic heterocycles. The molecule has 0 unspecified atom stereocenters. The molecule has 1 saturated carbocycles. The Kier molecular flexibility index (Phi) is 4.05. The van der Waals surface area contributed by atoms with Gasteiger partial charge in [-0.2, -0.15) is 0 Å². The molecule has 1 aliphatic carbocycles. The van der Waals surface area contributed by atoms with E-state index in [1.54, 1.807) is 0 Å². The van der Waals surface area contributed by atoms with Crippen LogP contribution in [0.2, 0.25) is 0 Å². The van der Waals surface area contributed by atoms with Crippen molar-refractivity contribution < 1.29 is 9.53 Å². The lowest BCUT2D eigenvalue weighted by Crippen LogP contribution is -2.44. The normalized spacial score (nSPS) is 27.5. The molecule has 20 heavy (non-hydrogen) atoms. The van der Waals surface area contributed by atoms with Crippen molar-refractivity contribution in [1.82, 2.24) is 9.88 Å². The van der Waals surface area contributed by atoms with E-state index in [0.717, 1.165) is 43.3 Å². The van der Waals surface area contributed by atoms with Crippen LogP contribution < -0.4 is 5.32 Å². The van der Waals surface area contributed by atoms with Gasteiger partial charge in [0.1, 0.15) is 0 Å². The predicted molar refractivity (Wildman–Crippen MR) is 78.8 cm³/mol. The van der Waals surface area contributed by atoms with Crippen LogP contribution in [0.5, 0.6) is 0 Å². The SMILES string of the molecule is C[C@H]1CN(Cc2csc(NC(=O)C3CC3)n2)C[C@H](C)O1. The number of hydrogen-bond acceptors (Lipinski definition) is 5. The van der Waals surface area contributed by atoms with E-state index in [0.29, 0.717) is 0 Å². The molecule has 110 valence electrons. The molecule has 0 spiro atoms. The van der Waals surface area contributed by atoms with Crippen LogP contribution in [0.3, 0.4) is 0 Å². The molecule has 3 rings (SSSR count). The molecule has 1 aliphatic heterocycles. The Morgan fingerprint density at radius 1 is 1.45 bits per heavy atom. The van der Waals surface area contributed by atoms with E-state index in [2.05, 4.69) is 29.0 Å². The number of ether oxygens (including phenoxy) is 1. The van der Waals surface area contributed by atoms with Gasteiger partial charge < -0.3 is 10.1 Å². The lowest BCUT2D eigenvalue weighted by molar-refractivity contribution is -0.117. The summed E-state index contributed by atoms with van der Waals surface area (Å²) in [6, 6.07) is 0. The van der Waals surface area contributed by atoms with Gasteiger partial charge in [0.2, 0.25) is 5.91 Å². The minimum atomic E-state index is 0.125. The topological polar surface area (TPSA) is 54.5 Å². The standard InChI is InChI=1S/C14H21N3O2S/c1-9-5-17(6-10(2)19-9)7-12-8-20-14(15-12)16-13(18)11-3-4-11/h8-11H,3-7H2,1-2H3,(H,15,16,18)/t9-,10-/m0/s1. The molecule has 1 aromatic rings. The maximum Gasteiger partial charge on any atom is 0.229 e. The molecule has 2 aliphatic rings. The van der Waals surface area contributed by atoms with E-state index in [4.69, 9.17) is 4.74 Å². The summed E-state index contributed by atoms with van der Waals surface area (Å²) >= 11 is 1.51. The summed E-state index contributed by atoms with van der Waals surface area (Å²) in [5.41, 5.74) is 1.03. The highest BCUT2D eigenvalue weighted by Gasteiger charge is 2.30. The first-order valence-corrected chi connectivity index (χ1v) is 8.11. The van der Waals surface area contributed by atoms with E-state index in [1.165, 1.54) is 11.3 Å². The quantitative estimate of drug-likeness (QED) is 0.924. The zero-order chi connectivity index (χ0) is 14.1. The number of carbonyl (C=O) groups is 1. The van der Waals surface area contributed by atoms with Crippen molar-refractivity contribution in [3.63, 3.8) is 0 Å². The third-order valence-electron chi connectivity index (χ3n) is 3.61. The largest absolute Gasteiger partial charge is 0.373 e. The number of nitrogens with one attached hydrogen (secondary N) is 1. The van der Waals surface area contributed by atoms with Crippen molar-refractivity contribution in [3.05, 3.63) is 11.1 Å². The van der Waals surface area contributed by atoms with E-state index in [-0.39, 0.29) is 24.0 Å². The summed E-state index contributed by atoms with van der Waals surface area (Å²) in [5, 5.41) is 5.67. The smallest absolute Gasteiger partial charge is 0.229 e. The average Bonchev–Trinajstić information content (AvgIpc) is 3.12. The molecule has 1 amide bonds. The van der Waals surface area contributed by atoms with Crippen LogP contribution in [0.25, 0.3) is 0 Å². The van der Waals surface area contributed by atoms with Gasteiger partial charge in [-0.05, 0) is 26.7 Å². The third-order valence-corrected chi connectivity index (χ3v) is 4.42. The summed E-state index contributed by atoms with van der Waals surface area (Å²) in [7, 11) is 0. The van der Waals surface area contributed by atoms with Crippen molar-refractivity contribution in [1.29, 1.82) is 0 Å². The van der Waals surface area contributed by atoms with Gasteiger partial charge in [0.15, 0.2) is 5.13 Å². The molecule has 5 nitrogen and oxygen atoms in total. The highest BCUT2D eigenvalue weighted by Crippen LogP contribution is 2.30. The maximum absolute atomic E-state index is 11.7. The van der Waals surface area contributed by atoms with Gasteiger partial charge in [0, 0.05) is 30.9 Å². The Bertz CT molecular complexity index is 477. The zero-order valence-electron chi connectivity index (χ0n) is 12.0. The third kappa shape index (κ3) is 3.56. The Morgan fingerprint density at radius 3 is 2.80 bits per heavy atom. The van der Waals surface area contributed by atoms with Crippen molar-refractivity contribution in [2.24, 2.45) is 5.92 Å². The number of thiazole rings is 1. The zero-order valence-corrected chi connectivity index (χ0v) is 12.8. The summed E-state index contributed by atoms with van der Waals surface area (Å²) in [4.78, 5) is 18.6. The fraction of sp³-hybridized carbons (Fsp3) is 0.714. The first-order chi connectivity index (χ1) is 9.60. The van der Waals surface area contributed by atoms with Gasteiger partial charge in [-0.15, -0.1) is 11.3 Å². The van der Waals surface area contributed by atoms with Crippen molar-refractivity contribution in [2.75, 3.05) is 18.4 Å². The van der Waals surface area contributed by atoms with Crippen LogP contribution in [-0.4, -0.2) is 41.1 Å². The Hall–Kier alpha value is -0.980. The van der Waals surface area contributed by atoms with Crippen LogP contribution in [0.15, 0.2) is 5.38 Å². The van der Waals surface area contributed by atoms with Crippen molar-refractivity contribution in [2.45, 2.75) is 45.4 Å². The van der Waals surface area contributed by atoms with Crippen LogP contribution in [0.1, 0.15) is 32.4 Å². The highest BCUT2D eigenvalue weighted by molar-refractivity contribution is 7.13. The van der Waals surface area contributed by atoms with Crippen LogP contribution in [0.4, 0.5) is 5.13 Å². The van der Waals surface area contributed by atoms with E-state index in [9.17, 15) is 4.79 Å². The van der Waals surface area contributed by atoms with Crippen LogP contribution >= 0.6 is 11.3 Å². The van der Waals surface area contributed by atoms with Gasteiger partial charge in [0.25, 0.3) is 0 Å². The molecule has 1 N–H and O–H groups in total. The second-order valence-electron chi connectivity index (χ2n) is 5.86. The molecule has 0 bridgehead atoms. The molecular formula is C14H21N3O2S. The fourth-order valence-electron chi connectivity index (χ4n) is 2.63. The molecular weight excluding hydrogens is 274 g/mol. The maximum atomic E-state index is 11.7. The molecule has 0 aromatic carbocycles. The number of amides is 1. The summed E-state index contributed by atoms with van der Waals surface area (Å²) in [5.74, 6) is 0.350. The van der Waals surface area contributed by atoms with Crippen LogP contribution in [-0.2, 0) is 16.1 Å². The van der Waals surface area contributed by atoms with E-state index in [1.807, 2.05) is 5.38 Å². The molecule has 2 heterocycles. The number of nitrogens with zero attached hydrogens (tertiary/aromatic N) is 2. The van der Waals surface area contributed by atoms with E-state index >= 15 is 0 Å². The first kappa shape index (κ1) is 14.0. The van der Waals surface area contributed by atoms with Gasteiger partial charge in [-0.25, -0.2) is 4.98 Å². The Labute approximate surface area is 123 Å². The molecule has 1 saturated heterocycles. The number of rotatable bonds is 4. The fourth-order valence-corrected chi connectivity index (χ4v) is 3.34. The Morgan fingerprint density at radius 2 is 2.15 bits per heavy atom. The van der Waals surface area contributed by atoms with E-state index < -0.39 is 0 Å². The molecule has 6 heteroatoms. The predicted octanol–water partition coefficient (Wildman–Crippen LogP) is 2.10. The van der Waals surface area contributed by atoms with Gasteiger partial charge in [-0.3, -0.25) is 9.69 Å². The first-order valence-electron chi connectivity index (χ1n) is 7.23. The van der Waals surface area contributed by atoms with Crippen molar-refractivity contribution >= 4 is 22.4 Å². The molecule has 2 atom stereocenters. The summed E-state index contributed by atoms with van der Waals surface area (Å²) in [6.07, 6.45) is 2.58. The summed E-state index contributed by atoms with van der Waals surface area (Å²) < 4.78 is 5.73. The minimum Gasteiger partial charge on any atom is -0.373 e. The number of aromatic nitrogens is 1. The number of carbonyl (C=O) groups excluding carboxylic acids is 1. The molecule has 2 fully saturated rings. The number of morpholine rings is 1. The Balaban J connectivity index is 1.55. The second-order valence-corrected chi connectivity index (χ2v) is 6.72. The van der Waals surface area contributed by atoms with Crippen LogP contribution in [0, 0.1) is 5.92 Å². The highest BCUT2D eigenvalue weighted by atomic mass is 32.1. The van der Waals surface area contributed by atoms with Gasteiger partial charge in [-0.1, -0.05) is 0 Å². The van der Waals surface area contributed by atoms with Gasteiger partial charge in [0.05, 0.1) is 17.9 Å². The second kappa shape index (κ2) is 5.79. The molecule has 0 radical (unpaired) electrons. The van der Waals surface area contributed by atoms with Crippen molar-refractivity contribution in [3.8, 4) is 0 Å². The lowest BCUT2D eigenvalue weighted by atomic mass is 10.2. The lowest BCUT2D eigenvalue weighted by Gasteiger charge is -2.34. The number of anilines is 1. The average molecular weight is 295 g/mol. The number of hydrogen-bond donors (Lipinski definition) is 1.